The Hall–Kier alpha value is -1.36. The van der Waals surface area contributed by atoms with Gasteiger partial charge in [0.25, 0.3) is 0 Å². The second-order valence-corrected chi connectivity index (χ2v) is 3.31. The summed E-state index contributed by atoms with van der Waals surface area (Å²) in [7, 11) is 0. The number of hydrogen-bond acceptors (Lipinski definition) is 3. The van der Waals surface area contributed by atoms with Gasteiger partial charge in [-0.25, -0.2) is 4.98 Å². The van der Waals surface area contributed by atoms with Crippen LogP contribution in [0.4, 0.5) is 0 Å². The van der Waals surface area contributed by atoms with Crippen molar-refractivity contribution in [3.8, 4) is 0 Å². The fraction of sp³-hybridized carbons (Fsp3) is 0.556. The molecule has 76 valence electrons. The molecule has 1 unspecified atom stereocenters. The van der Waals surface area contributed by atoms with E-state index in [9.17, 15) is 4.79 Å². The van der Waals surface area contributed by atoms with Crippen LogP contribution in [0, 0.1) is 5.92 Å². The van der Waals surface area contributed by atoms with Gasteiger partial charge in [0.05, 0.1) is 19.1 Å². The van der Waals surface area contributed by atoms with E-state index < -0.39 is 0 Å². The first-order valence-electron chi connectivity index (χ1n) is 4.70. The van der Waals surface area contributed by atoms with E-state index in [1.807, 2.05) is 0 Å². The molecule has 2 N–H and O–H groups in total. The third-order valence-corrected chi connectivity index (χ3v) is 2.29. The Labute approximate surface area is 81.9 Å². The van der Waals surface area contributed by atoms with Gasteiger partial charge in [-0.15, -0.1) is 0 Å². The molecule has 0 radical (unpaired) electrons. The summed E-state index contributed by atoms with van der Waals surface area (Å²) in [6.45, 7) is 1.70. The van der Waals surface area contributed by atoms with E-state index >= 15 is 0 Å². The van der Waals surface area contributed by atoms with Crippen LogP contribution in [0.1, 0.15) is 12.2 Å². The Morgan fingerprint density at radius 2 is 2.71 bits per heavy atom. The highest BCUT2D eigenvalue weighted by Gasteiger charge is 2.22. The highest BCUT2D eigenvalue weighted by molar-refractivity contribution is 5.78. The van der Waals surface area contributed by atoms with E-state index in [0.29, 0.717) is 19.8 Å². The molecular weight excluding hydrogens is 182 g/mol. The average Bonchev–Trinajstić information content (AvgIpc) is 2.87. The number of carbonyl (C=O) groups is 1. The Morgan fingerprint density at radius 3 is 3.36 bits per heavy atom. The number of hydrogen-bond donors (Lipinski definition) is 2. The zero-order chi connectivity index (χ0) is 9.80. The molecule has 1 saturated heterocycles. The lowest BCUT2D eigenvalue weighted by atomic mass is 10.1. The molecule has 14 heavy (non-hydrogen) atoms. The number of nitrogens with one attached hydrogen (secondary N) is 2. The predicted molar refractivity (Wildman–Crippen MR) is 49.4 cm³/mol. The van der Waals surface area contributed by atoms with Crippen LogP contribution in [0.25, 0.3) is 0 Å². The van der Waals surface area contributed by atoms with Gasteiger partial charge in [0.1, 0.15) is 5.82 Å². The van der Waals surface area contributed by atoms with E-state index in [4.69, 9.17) is 4.74 Å². The summed E-state index contributed by atoms with van der Waals surface area (Å²) in [4.78, 5) is 18.4. The highest BCUT2D eigenvalue weighted by Crippen LogP contribution is 2.11. The van der Waals surface area contributed by atoms with Crippen molar-refractivity contribution in [2.45, 2.75) is 13.0 Å². The van der Waals surface area contributed by atoms with Crippen molar-refractivity contribution in [2.75, 3.05) is 13.2 Å². The molecule has 1 atom stereocenters. The van der Waals surface area contributed by atoms with Crippen LogP contribution in [0.5, 0.6) is 0 Å². The Balaban J connectivity index is 1.77. The Kier molecular flexibility index (Phi) is 2.78. The molecular formula is C9H13N3O2. The lowest BCUT2D eigenvalue weighted by molar-refractivity contribution is -0.125. The average molecular weight is 195 g/mol. The van der Waals surface area contributed by atoms with Crippen LogP contribution in [0.2, 0.25) is 0 Å². The maximum atomic E-state index is 11.5. The number of amides is 1. The van der Waals surface area contributed by atoms with Crippen LogP contribution in [-0.2, 0) is 16.1 Å². The molecule has 1 fully saturated rings. The number of aromatic amines is 1. The van der Waals surface area contributed by atoms with Gasteiger partial charge in [-0.2, -0.15) is 0 Å². The van der Waals surface area contributed by atoms with Gasteiger partial charge < -0.3 is 15.0 Å². The van der Waals surface area contributed by atoms with Crippen molar-refractivity contribution in [1.29, 1.82) is 0 Å². The third-order valence-electron chi connectivity index (χ3n) is 2.29. The van der Waals surface area contributed by atoms with Crippen molar-refractivity contribution in [1.82, 2.24) is 15.3 Å². The molecule has 1 aliphatic heterocycles. The second kappa shape index (κ2) is 4.23. The molecule has 0 aromatic carbocycles. The molecule has 1 aromatic heterocycles. The minimum absolute atomic E-state index is 0.0185. The molecule has 0 aliphatic carbocycles. The fourth-order valence-electron chi connectivity index (χ4n) is 1.45. The highest BCUT2D eigenvalue weighted by atomic mass is 16.5. The number of imidazole rings is 1. The standard InChI is InChI=1S/C9H13N3O2/c13-9(7-1-4-14-6-7)12-5-8-10-2-3-11-8/h2-3,7H,1,4-6H2,(H,10,11)(H,12,13). The number of ether oxygens (including phenoxy) is 1. The summed E-state index contributed by atoms with van der Waals surface area (Å²) in [5.74, 6) is 0.848. The largest absolute Gasteiger partial charge is 0.381 e. The molecule has 5 heteroatoms. The zero-order valence-corrected chi connectivity index (χ0v) is 7.82. The first-order valence-corrected chi connectivity index (χ1v) is 4.70. The second-order valence-electron chi connectivity index (χ2n) is 3.31. The van der Waals surface area contributed by atoms with E-state index in [2.05, 4.69) is 15.3 Å². The molecule has 0 saturated carbocycles. The Bertz CT molecular complexity index is 291. The number of nitrogens with zero attached hydrogens (tertiary/aromatic N) is 1. The van der Waals surface area contributed by atoms with Crippen LogP contribution < -0.4 is 5.32 Å². The predicted octanol–water partition coefficient (Wildman–Crippen LogP) is 0.0624. The maximum absolute atomic E-state index is 11.5. The van der Waals surface area contributed by atoms with Gasteiger partial charge in [0.15, 0.2) is 0 Å². The van der Waals surface area contributed by atoms with Crippen LogP contribution in [0.15, 0.2) is 12.4 Å². The zero-order valence-electron chi connectivity index (χ0n) is 7.82. The van der Waals surface area contributed by atoms with Gasteiger partial charge >= 0.3 is 0 Å². The van der Waals surface area contributed by atoms with E-state index in [-0.39, 0.29) is 11.8 Å². The first-order chi connectivity index (χ1) is 6.86. The summed E-state index contributed by atoms with van der Waals surface area (Å²) in [5, 5.41) is 2.81. The molecule has 2 heterocycles. The number of aromatic nitrogens is 2. The van der Waals surface area contributed by atoms with Crippen LogP contribution in [0.3, 0.4) is 0 Å². The smallest absolute Gasteiger partial charge is 0.225 e. The van der Waals surface area contributed by atoms with Crippen molar-refractivity contribution >= 4 is 5.91 Å². The van der Waals surface area contributed by atoms with Gasteiger partial charge in [-0.05, 0) is 6.42 Å². The number of carbonyl (C=O) groups excluding carboxylic acids is 1. The summed E-state index contributed by atoms with van der Waals surface area (Å²) in [6.07, 6.45) is 4.23. The normalized spacial score (nSPS) is 21.0. The van der Waals surface area contributed by atoms with Crippen molar-refractivity contribution in [3.63, 3.8) is 0 Å². The summed E-state index contributed by atoms with van der Waals surface area (Å²) in [6, 6.07) is 0. The van der Waals surface area contributed by atoms with E-state index in [1.54, 1.807) is 12.4 Å². The summed E-state index contributed by atoms with van der Waals surface area (Å²) in [5.41, 5.74) is 0. The van der Waals surface area contributed by atoms with E-state index in [0.717, 1.165) is 12.2 Å². The van der Waals surface area contributed by atoms with E-state index in [1.165, 1.54) is 0 Å². The quantitative estimate of drug-likeness (QED) is 0.716. The summed E-state index contributed by atoms with van der Waals surface area (Å²) < 4.78 is 5.13. The SMILES string of the molecule is O=C(NCc1ncc[nH]1)C1CCOC1. The van der Waals surface area contributed by atoms with Crippen LogP contribution in [-0.4, -0.2) is 29.1 Å². The minimum Gasteiger partial charge on any atom is -0.381 e. The molecule has 1 aromatic rings. The molecule has 5 nitrogen and oxygen atoms in total. The van der Waals surface area contributed by atoms with Gasteiger partial charge in [-0.3, -0.25) is 4.79 Å². The first kappa shape index (κ1) is 9.21. The van der Waals surface area contributed by atoms with Crippen molar-refractivity contribution in [3.05, 3.63) is 18.2 Å². The third kappa shape index (κ3) is 2.11. The number of rotatable bonds is 3. The minimum atomic E-state index is 0.0185. The lowest BCUT2D eigenvalue weighted by Gasteiger charge is -2.07. The number of H-pyrrole nitrogens is 1. The maximum Gasteiger partial charge on any atom is 0.225 e. The van der Waals surface area contributed by atoms with Crippen molar-refractivity contribution in [2.24, 2.45) is 5.92 Å². The topological polar surface area (TPSA) is 67.0 Å². The van der Waals surface area contributed by atoms with Gasteiger partial charge in [0, 0.05) is 19.0 Å². The lowest BCUT2D eigenvalue weighted by Crippen LogP contribution is -2.30. The molecule has 2 rings (SSSR count). The monoisotopic (exact) mass is 195 g/mol. The van der Waals surface area contributed by atoms with Crippen molar-refractivity contribution < 1.29 is 9.53 Å². The summed E-state index contributed by atoms with van der Waals surface area (Å²) >= 11 is 0. The van der Waals surface area contributed by atoms with Gasteiger partial charge in [0.2, 0.25) is 5.91 Å². The molecule has 1 aliphatic rings. The van der Waals surface area contributed by atoms with Gasteiger partial charge in [-0.1, -0.05) is 0 Å². The Morgan fingerprint density at radius 1 is 1.79 bits per heavy atom. The van der Waals surface area contributed by atoms with Crippen LogP contribution >= 0.6 is 0 Å². The molecule has 0 bridgehead atoms. The fourth-order valence-corrected chi connectivity index (χ4v) is 1.45. The molecule has 0 spiro atoms. The molecule has 1 amide bonds.